The summed E-state index contributed by atoms with van der Waals surface area (Å²) in [5, 5.41) is 0. The Kier molecular flexibility index (Phi) is 68.9. The fourth-order valence-corrected chi connectivity index (χ4v) is 6.15. The zero-order valence-corrected chi connectivity index (χ0v) is 42.1. The molecule has 0 atom stereocenters. The average Bonchev–Trinajstić information content (AvgIpc) is 4.09. The van der Waals surface area contributed by atoms with E-state index in [1.165, 1.54) is 161 Å². The van der Waals surface area contributed by atoms with Crippen LogP contribution >= 0.6 is 0 Å². The SMILES string of the molecule is C1CCCC1.C1CCCCC1.CC.CC.CC.CC.CC.CC.CC(C)(C)OC(=O)N1CCCC1.CN1CCCC1.CN1CCCCC1.CN1CCCCC1. The van der Waals surface area contributed by atoms with Gasteiger partial charge in [0.05, 0.1) is 0 Å². The van der Waals surface area contributed by atoms with Gasteiger partial charge in [0.1, 0.15) is 5.60 Å². The quantitative estimate of drug-likeness (QED) is 0.244. The normalized spacial score (nSPS) is 18.6. The molecule has 4 saturated heterocycles. The lowest BCUT2D eigenvalue weighted by atomic mass is 10.0. The predicted octanol–water partition coefficient (Wildman–Crippen LogP) is 15.4. The minimum atomic E-state index is -0.361. The van der Waals surface area contributed by atoms with Crippen molar-refractivity contribution in [2.75, 3.05) is 73.5 Å². The van der Waals surface area contributed by atoms with Gasteiger partial charge in [-0.05, 0) is 133 Å². The van der Waals surface area contributed by atoms with E-state index in [4.69, 9.17) is 4.74 Å². The molecule has 0 bridgehead atoms. The van der Waals surface area contributed by atoms with Crippen LogP contribution in [0.2, 0.25) is 0 Å². The Morgan fingerprint density at radius 3 is 0.636 bits per heavy atom. The molecule has 6 heteroatoms. The number of hydrogen-bond donors (Lipinski definition) is 0. The van der Waals surface area contributed by atoms with E-state index in [2.05, 4.69) is 35.8 Å². The molecule has 4 aliphatic heterocycles. The van der Waals surface area contributed by atoms with E-state index in [-0.39, 0.29) is 11.7 Å². The maximum absolute atomic E-state index is 11.4. The summed E-state index contributed by atoms with van der Waals surface area (Å²) in [6, 6.07) is 0. The first-order valence-electron chi connectivity index (χ1n) is 24.7. The second kappa shape index (κ2) is 57.5. The van der Waals surface area contributed by atoms with Crippen LogP contribution in [0.3, 0.4) is 0 Å². The summed E-state index contributed by atoms with van der Waals surface area (Å²) in [4.78, 5) is 20.3. The standard InChI is InChI=1S/C9H17NO2.2C6H13N.C6H12.C5H11N.C5H10.6C2H6/c1-9(2,3)12-8(11)10-6-4-5-7-10;2*1-7-5-3-2-4-6-7;1-2-4-6-5-3-1;1-6-4-2-3-5-6;1-2-4-5-3-1;6*1-2/h4-7H2,1-3H3;2*2-6H2,1H3;1-6H2;2-5H2,1H3;1-5H2;6*1-2H3. The van der Waals surface area contributed by atoms with E-state index < -0.39 is 0 Å². The van der Waals surface area contributed by atoms with Crippen LogP contribution in [0.5, 0.6) is 0 Å². The molecule has 340 valence electrons. The summed E-state index contributed by atoms with van der Waals surface area (Å²) in [5.41, 5.74) is -0.361. The van der Waals surface area contributed by atoms with Gasteiger partial charge in [-0.2, -0.15) is 0 Å². The molecule has 2 saturated carbocycles. The average molecular weight is 789 g/mol. The third kappa shape index (κ3) is 57.6. The van der Waals surface area contributed by atoms with Gasteiger partial charge in [0.2, 0.25) is 0 Å². The van der Waals surface area contributed by atoms with Crippen LogP contribution in [-0.4, -0.2) is 105 Å². The molecule has 6 nitrogen and oxygen atoms in total. The molecular weight excluding hydrogens is 677 g/mol. The zero-order valence-electron chi connectivity index (χ0n) is 42.1. The van der Waals surface area contributed by atoms with Gasteiger partial charge < -0.3 is 24.3 Å². The summed E-state index contributed by atoms with van der Waals surface area (Å²) < 4.78 is 5.21. The van der Waals surface area contributed by atoms with Gasteiger partial charge in [-0.25, -0.2) is 4.79 Å². The van der Waals surface area contributed by atoms with E-state index in [1.807, 2.05) is 104 Å². The highest BCUT2D eigenvalue weighted by Gasteiger charge is 2.23. The number of likely N-dealkylation sites (tertiary alicyclic amines) is 4. The molecule has 6 fully saturated rings. The molecule has 0 N–H and O–H groups in total. The minimum absolute atomic E-state index is 0.167. The number of hydrogen-bond acceptors (Lipinski definition) is 5. The number of ether oxygens (including phenoxy) is 1. The highest BCUT2D eigenvalue weighted by molar-refractivity contribution is 5.68. The summed E-state index contributed by atoms with van der Waals surface area (Å²) in [6.45, 7) is 39.3. The fourth-order valence-electron chi connectivity index (χ4n) is 6.15. The van der Waals surface area contributed by atoms with Crippen LogP contribution in [0.4, 0.5) is 4.79 Å². The van der Waals surface area contributed by atoms with Crippen LogP contribution in [0.1, 0.15) is 239 Å². The van der Waals surface area contributed by atoms with Crippen molar-refractivity contribution >= 4 is 6.09 Å². The molecule has 0 aromatic heterocycles. The Hall–Kier alpha value is -0.850. The topological polar surface area (TPSA) is 39.3 Å². The molecular formula is C49H112N4O2. The summed E-state index contributed by atoms with van der Waals surface area (Å²) in [6.07, 6.45) is 29.9. The van der Waals surface area contributed by atoms with Crippen molar-refractivity contribution < 1.29 is 9.53 Å². The number of carbonyl (C=O) groups is 1. The lowest BCUT2D eigenvalue weighted by molar-refractivity contribution is 0.0295. The minimum Gasteiger partial charge on any atom is -0.444 e. The van der Waals surface area contributed by atoms with E-state index in [9.17, 15) is 4.79 Å². The second-order valence-corrected chi connectivity index (χ2v) is 14.8. The molecule has 0 spiro atoms. The largest absolute Gasteiger partial charge is 0.444 e. The Balaban J connectivity index is -0.000000126. The van der Waals surface area contributed by atoms with Gasteiger partial charge in [-0.15, -0.1) is 0 Å². The molecule has 1 amide bonds. The second-order valence-electron chi connectivity index (χ2n) is 14.8. The Morgan fingerprint density at radius 2 is 0.491 bits per heavy atom. The van der Waals surface area contributed by atoms with Gasteiger partial charge >= 0.3 is 6.09 Å². The number of carbonyl (C=O) groups excluding carboxylic acids is 1. The molecule has 0 aromatic carbocycles. The molecule has 0 unspecified atom stereocenters. The van der Waals surface area contributed by atoms with Crippen LogP contribution in [0.25, 0.3) is 0 Å². The monoisotopic (exact) mass is 789 g/mol. The molecule has 6 aliphatic rings. The smallest absolute Gasteiger partial charge is 0.410 e. The molecule has 4 heterocycles. The lowest BCUT2D eigenvalue weighted by Crippen LogP contribution is -2.34. The Bertz CT molecular complexity index is 574. The van der Waals surface area contributed by atoms with Crippen molar-refractivity contribution in [1.82, 2.24) is 19.6 Å². The summed E-state index contributed by atoms with van der Waals surface area (Å²) >= 11 is 0. The first kappa shape index (κ1) is 66.0. The van der Waals surface area contributed by atoms with Gasteiger partial charge in [0.25, 0.3) is 0 Å². The highest BCUT2D eigenvalue weighted by Crippen LogP contribution is 2.16. The third-order valence-electron chi connectivity index (χ3n) is 9.00. The predicted molar refractivity (Wildman–Crippen MR) is 255 cm³/mol. The van der Waals surface area contributed by atoms with E-state index in [0.29, 0.717) is 0 Å². The zero-order chi connectivity index (χ0) is 43.6. The number of piperidine rings is 2. The summed E-state index contributed by atoms with van der Waals surface area (Å²) in [5.74, 6) is 0. The molecule has 6 rings (SSSR count). The molecule has 0 aromatic rings. The Labute approximate surface area is 352 Å². The van der Waals surface area contributed by atoms with Crippen molar-refractivity contribution in [2.24, 2.45) is 0 Å². The number of nitrogens with zero attached hydrogens (tertiary/aromatic N) is 4. The van der Waals surface area contributed by atoms with Crippen molar-refractivity contribution in [3.8, 4) is 0 Å². The Morgan fingerprint density at radius 1 is 0.327 bits per heavy atom. The first-order valence-corrected chi connectivity index (χ1v) is 24.7. The first-order chi connectivity index (χ1) is 26.7. The van der Waals surface area contributed by atoms with Crippen LogP contribution in [-0.2, 0) is 4.74 Å². The van der Waals surface area contributed by atoms with E-state index in [0.717, 1.165) is 25.9 Å². The maximum Gasteiger partial charge on any atom is 0.410 e. The summed E-state index contributed by atoms with van der Waals surface area (Å²) in [7, 11) is 6.56. The maximum atomic E-state index is 11.4. The molecule has 55 heavy (non-hydrogen) atoms. The van der Waals surface area contributed by atoms with Gasteiger partial charge in [0, 0.05) is 13.1 Å². The van der Waals surface area contributed by atoms with Crippen molar-refractivity contribution in [3.05, 3.63) is 0 Å². The van der Waals surface area contributed by atoms with Crippen LogP contribution in [0.15, 0.2) is 0 Å². The van der Waals surface area contributed by atoms with Gasteiger partial charge in [-0.1, -0.05) is 167 Å². The van der Waals surface area contributed by atoms with E-state index >= 15 is 0 Å². The molecule has 0 radical (unpaired) electrons. The van der Waals surface area contributed by atoms with Gasteiger partial charge in [-0.3, -0.25) is 0 Å². The van der Waals surface area contributed by atoms with Crippen molar-refractivity contribution in [1.29, 1.82) is 0 Å². The fraction of sp³-hybridized carbons (Fsp3) is 0.980. The third-order valence-corrected chi connectivity index (χ3v) is 9.00. The number of rotatable bonds is 0. The lowest BCUT2D eigenvalue weighted by Gasteiger charge is -2.23. The van der Waals surface area contributed by atoms with Crippen LogP contribution < -0.4 is 0 Å². The number of amides is 1. The van der Waals surface area contributed by atoms with Gasteiger partial charge in [0.15, 0.2) is 0 Å². The van der Waals surface area contributed by atoms with E-state index in [1.54, 1.807) is 4.90 Å². The van der Waals surface area contributed by atoms with Crippen molar-refractivity contribution in [2.45, 2.75) is 244 Å². The van der Waals surface area contributed by atoms with Crippen LogP contribution in [0, 0.1) is 0 Å². The highest BCUT2D eigenvalue weighted by atomic mass is 16.6. The molecule has 2 aliphatic carbocycles. The van der Waals surface area contributed by atoms with Crippen molar-refractivity contribution in [3.63, 3.8) is 0 Å².